The van der Waals surface area contributed by atoms with Gasteiger partial charge < -0.3 is 25.2 Å². The van der Waals surface area contributed by atoms with Gasteiger partial charge in [-0.3, -0.25) is 0 Å². The van der Waals surface area contributed by atoms with Crippen molar-refractivity contribution >= 4 is 0 Å². The maximum absolute atomic E-state index is 10.5. The SMILES string of the molecule is C[C@@H]1OC(C2(O)CCCCC2)[C@@H](O)[C@H](O)[C@@H]1O. The Bertz CT molecular complexity index is 264. The van der Waals surface area contributed by atoms with Crippen LogP contribution in [0.25, 0.3) is 0 Å². The van der Waals surface area contributed by atoms with Gasteiger partial charge in [-0.15, -0.1) is 0 Å². The number of aliphatic hydroxyl groups is 4. The standard InChI is InChI=1S/C12H22O5/c1-7-8(13)9(14)10(15)11(17-7)12(16)5-3-2-4-6-12/h7-11,13-16H,2-6H2,1H3/t7-,8+,9+,10-,11?/m0/s1. The quantitative estimate of drug-likeness (QED) is 0.503. The van der Waals surface area contributed by atoms with Crippen LogP contribution in [-0.2, 0) is 4.74 Å². The van der Waals surface area contributed by atoms with Gasteiger partial charge in [0, 0.05) is 0 Å². The average Bonchev–Trinajstić information content (AvgIpc) is 2.32. The van der Waals surface area contributed by atoms with Crippen LogP contribution in [0.2, 0.25) is 0 Å². The smallest absolute Gasteiger partial charge is 0.115 e. The molecular formula is C12H22O5. The van der Waals surface area contributed by atoms with Gasteiger partial charge in [0.1, 0.15) is 24.4 Å². The summed E-state index contributed by atoms with van der Waals surface area (Å²) < 4.78 is 5.51. The summed E-state index contributed by atoms with van der Waals surface area (Å²) in [5.74, 6) is 0. The van der Waals surface area contributed by atoms with Crippen LogP contribution in [0.15, 0.2) is 0 Å². The number of hydrogen-bond acceptors (Lipinski definition) is 5. The fourth-order valence-electron chi connectivity index (χ4n) is 2.94. The molecule has 1 unspecified atom stereocenters. The number of aliphatic hydroxyl groups excluding tert-OH is 3. The van der Waals surface area contributed by atoms with E-state index in [2.05, 4.69) is 0 Å². The van der Waals surface area contributed by atoms with Crippen LogP contribution < -0.4 is 0 Å². The van der Waals surface area contributed by atoms with Gasteiger partial charge in [-0.1, -0.05) is 19.3 Å². The Balaban J connectivity index is 2.14. The lowest BCUT2D eigenvalue weighted by Gasteiger charge is -2.47. The van der Waals surface area contributed by atoms with Gasteiger partial charge in [-0.05, 0) is 19.8 Å². The van der Waals surface area contributed by atoms with Gasteiger partial charge in [0.2, 0.25) is 0 Å². The summed E-state index contributed by atoms with van der Waals surface area (Å²) >= 11 is 0. The highest BCUT2D eigenvalue weighted by Crippen LogP contribution is 2.37. The lowest BCUT2D eigenvalue weighted by atomic mass is 9.76. The largest absolute Gasteiger partial charge is 0.388 e. The Hall–Kier alpha value is -0.200. The van der Waals surface area contributed by atoms with E-state index in [4.69, 9.17) is 4.74 Å². The molecule has 0 aromatic carbocycles. The maximum Gasteiger partial charge on any atom is 0.115 e. The predicted molar refractivity (Wildman–Crippen MR) is 60.4 cm³/mol. The second kappa shape index (κ2) is 4.82. The molecule has 0 aromatic heterocycles. The summed E-state index contributed by atoms with van der Waals surface area (Å²) in [5.41, 5.74) is -1.08. The van der Waals surface area contributed by atoms with Gasteiger partial charge in [0.15, 0.2) is 0 Å². The van der Waals surface area contributed by atoms with Gasteiger partial charge in [-0.2, -0.15) is 0 Å². The molecule has 0 bridgehead atoms. The fraction of sp³-hybridized carbons (Fsp3) is 1.00. The molecule has 0 amide bonds. The predicted octanol–water partition coefficient (Wildman–Crippen LogP) is -0.448. The van der Waals surface area contributed by atoms with Crippen molar-refractivity contribution in [2.75, 3.05) is 0 Å². The molecule has 2 aliphatic rings. The Morgan fingerprint density at radius 2 is 1.53 bits per heavy atom. The Morgan fingerprint density at radius 1 is 0.941 bits per heavy atom. The van der Waals surface area contributed by atoms with Gasteiger partial charge in [-0.25, -0.2) is 0 Å². The number of ether oxygens (including phenoxy) is 1. The highest BCUT2D eigenvalue weighted by Gasteiger charge is 2.51. The van der Waals surface area contributed by atoms with Gasteiger partial charge in [0.05, 0.1) is 11.7 Å². The molecule has 2 fully saturated rings. The molecule has 1 heterocycles. The monoisotopic (exact) mass is 246 g/mol. The molecule has 0 radical (unpaired) electrons. The third-order valence-corrected chi connectivity index (χ3v) is 4.10. The molecule has 100 valence electrons. The summed E-state index contributed by atoms with van der Waals surface area (Å²) in [7, 11) is 0. The topological polar surface area (TPSA) is 90.2 Å². The lowest BCUT2D eigenvalue weighted by molar-refractivity contribution is -0.265. The minimum absolute atomic E-state index is 0.574. The zero-order chi connectivity index (χ0) is 12.6. The van der Waals surface area contributed by atoms with Crippen LogP contribution in [0, 0.1) is 0 Å². The van der Waals surface area contributed by atoms with Gasteiger partial charge >= 0.3 is 0 Å². The van der Waals surface area contributed by atoms with Crippen molar-refractivity contribution < 1.29 is 25.2 Å². The summed E-state index contributed by atoms with van der Waals surface area (Å²) in [6.45, 7) is 1.64. The number of rotatable bonds is 1. The molecule has 2 rings (SSSR count). The van der Waals surface area contributed by atoms with E-state index in [0.29, 0.717) is 12.8 Å². The van der Waals surface area contributed by atoms with Crippen molar-refractivity contribution in [1.82, 2.24) is 0 Å². The molecule has 5 atom stereocenters. The third-order valence-electron chi connectivity index (χ3n) is 4.10. The molecule has 0 spiro atoms. The molecule has 1 aliphatic carbocycles. The first-order valence-corrected chi connectivity index (χ1v) is 6.38. The second-order valence-corrected chi connectivity index (χ2v) is 5.40. The van der Waals surface area contributed by atoms with Crippen molar-refractivity contribution in [3.8, 4) is 0 Å². The normalized spacial score (nSPS) is 46.8. The van der Waals surface area contributed by atoms with E-state index in [0.717, 1.165) is 19.3 Å². The van der Waals surface area contributed by atoms with E-state index in [9.17, 15) is 20.4 Å². The highest BCUT2D eigenvalue weighted by atomic mass is 16.5. The zero-order valence-corrected chi connectivity index (χ0v) is 10.1. The van der Waals surface area contributed by atoms with Gasteiger partial charge in [0.25, 0.3) is 0 Å². The molecule has 1 saturated heterocycles. The minimum atomic E-state index is -1.25. The summed E-state index contributed by atoms with van der Waals surface area (Å²) in [6.07, 6.45) is -0.958. The number of hydrogen-bond donors (Lipinski definition) is 4. The van der Waals surface area contributed by atoms with E-state index >= 15 is 0 Å². The van der Waals surface area contributed by atoms with E-state index < -0.39 is 36.1 Å². The molecule has 5 heteroatoms. The second-order valence-electron chi connectivity index (χ2n) is 5.40. The Morgan fingerprint density at radius 3 is 2.12 bits per heavy atom. The van der Waals surface area contributed by atoms with Crippen molar-refractivity contribution in [2.24, 2.45) is 0 Å². The fourth-order valence-corrected chi connectivity index (χ4v) is 2.94. The van der Waals surface area contributed by atoms with Crippen molar-refractivity contribution in [2.45, 2.75) is 75.1 Å². The van der Waals surface area contributed by atoms with Crippen LogP contribution in [0.3, 0.4) is 0 Å². The Kier molecular flexibility index (Phi) is 3.75. The van der Waals surface area contributed by atoms with E-state index in [1.54, 1.807) is 6.92 Å². The summed E-state index contributed by atoms with van der Waals surface area (Å²) in [4.78, 5) is 0. The molecule has 0 aromatic rings. The highest BCUT2D eigenvalue weighted by molar-refractivity contribution is 5.01. The van der Waals surface area contributed by atoms with Crippen LogP contribution in [0.5, 0.6) is 0 Å². The van der Waals surface area contributed by atoms with Crippen LogP contribution in [0.1, 0.15) is 39.0 Å². The van der Waals surface area contributed by atoms with Crippen molar-refractivity contribution in [3.05, 3.63) is 0 Å². The first-order chi connectivity index (χ1) is 7.96. The molecule has 4 N–H and O–H groups in total. The van der Waals surface area contributed by atoms with Crippen LogP contribution >= 0.6 is 0 Å². The molecule has 5 nitrogen and oxygen atoms in total. The third kappa shape index (κ3) is 2.35. The Labute approximate surface area is 101 Å². The zero-order valence-electron chi connectivity index (χ0n) is 10.1. The van der Waals surface area contributed by atoms with E-state index in [1.165, 1.54) is 0 Å². The molecule has 1 saturated carbocycles. The first kappa shape index (κ1) is 13.2. The van der Waals surface area contributed by atoms with Crippen LogP contribution in [-0.4, -0.2) is 56.5 Å². The summed E-state index contributed by atoms with van der Waals surface area (Å²) in [5, 5.41) is 39.8. The van der Waals surface area contributed by atoms with E-state index in [-0.39, 0.29) is 0 Å². The van der Waals surface area contributed by atoms with Crippen molar-refractivity contribution in [3.63, 3.8) is 0 Å². The molecular weight excluding hydrogens is 224 g/mol. The van der Waals surface area contributed by atoms with Crippen molar-refractivity contribution in [1.29, 1.82) is 0 Å². The molecule has 1 aliphatic heterocycles. The summed E-state index contributed by atoms with van der Waals surface area (Å²) in [6, 6.07) is 0. The molecule has 17 heavy (non-hydrogen) atoms. The maximum atomic E-state index is 10.5. The van der Waals surface area contributed by atoms with Crippen LogP contribution in [0.4, 0.5) is 0 Å². The lowest BCUT2D eigenvalue weighted by Crippen LogP contribution is -2.64. The average molecular weight is 246 g/mol. The first-order valence-electron chi connectivity index (χ1n) is 6.38. The minimum Gasteiger partial charge on any atom is -0.388 e. The van der Waals surface area contributed by atoms with E-state index in [1.807, 2.05) is 0 Å².